The smallest absolute Gasteiger partial charge is 0.233 e. The molecule has 1 aliphatic rings. The average molecular weight is 356 g/mol. The van der Waals surface area contributed by atoms with Crippen molar-refractivity contribution in [2.75, 3.05) is 24.3 Å². The Bertz CT molecular complexity index is 768. The third-order valence-corrected chi connectivity index (χ3v) is 7.66. The minimum Gasteiger partial charge on any atom is -0.341 e. The van der Waals surface area contributed by atoms with E-state index in [1.165, 1.54) is 11.8 Å². The zero-order valence-electron chi connectivity index (χ0n) is 12.1. The van der Waals surface area contributed by atoms with Gasteiger partial charge in [-0.1, -0.05) is 23.9 Å². The normalized spacial score (nSPS) is 20.3. The molecule has 1 aliphatic heterocycles. The molecule has 1 aromatic heterocycles. The number of benzene rings is 1. The van der Waals surface area contributed by atoms with Gasteiger partial charge in [-0.05, 0) is 18.6 Å². The van der Waals surface area contributed by atoms with Crippen molar-refractivity contribution in [3.63, 3.8) is 0 Å². The lowest BCUT2D eigenvalue weighted by molar-refractivity contribution is -0.128. The molecule has 2 aromatic rings. The van der Waals surface area contributed by atoms with Gasteiger partial charge >= 0.3 is 0 Å². The summed E-state index contributed by atoms with van der Waals surface area (Å²) in [5, 5.41) is 0. The standard InChI is InChI=1S/C14H16N2O3S3/c1-16(10-6-7-22(18,19)9-10)13(17)8-20-14-15-11-4-2-3-5-12(11)21-14/h2-5,10H,6-9H2,1H3/t10-/m0/s1. The molecule has 1 aromatic carbocycles. The quantitative estimate of drug-likeness (QED) is 0.784. The number of thioether (sulfide) groups is 1. The van der Waals surface area contributed by atoms with Gasteiger partial charge in [0, 0.05) is 13.1 Å². The van der Waals surface area contributed by atoms with Crippen LogP contribution in [0.15, 0.2) is 28.6 Å². The number of sulfone groups is 1. The number of hydrogen-bond acceptors (Lipinski definition) is 6. The first-order valence-electron chi connectivity index (χ1n) is 6.89. The van der Waals surface area contributed by atoms with E-state index in [-0.39, 0.29) is 29.2 Å². The third kappa shape index (κ3) is 3.44. The van der Waals surface area contributed by atoms with Crippen molar-refractivity contribution in [2.45, 2.75) is 16.8 Å². The van der Waals surface area contributed by atoms with Gasteiger partial charge in [-0.2, -0.15) is 0 Å². The van der Waals surface area contributed by atoms with E-state index in [2.05, 4.69) is 4.98 Å². The Kier molecular flexibility index (Phi) is 4.42. The van der Waals surface area contributed by atoms with Crippen LogP contribution in [0.4, 0.5) is 0 Å². The van der Waals surface area contributed by atoms with Crippen LogP contribution in [-0.2, 0) is 14.6 Å². The summed E-state index contributed by atoms with van der Waals surface area (Å²) in [7, 11) is -1.28. The second-order valence-electron chi connectivity index (χ2n) is 5.30. The Hall–Kier alpha value is -1.12. The van der Waals surface area contributed by atoms with Crippen LogP contribution in [-0.4, -0.2) is 54.6 Å². The number of carbonyl (C=O) groups is 1. The SMILES string of the molecule is CN(C(=O)CSc1nc2ccccc2s1)[C@H]1CCS(=O)(=O)C1. The van der Waals surface area contributed by atoms with E-state index in [4.69, 9.17) is 0 Å². The average Bonchev–Trinajstić information content (AvgIpc) is 3.06. The molecule has 8 heteroatoms. The Morgan fingerprint density at radius 3 is 2.91 bits per heavy atom. The number of hydrogen-bond donors (Lipinski definition) is 0. The highest BCUT2D eigenvalue weighted by Crippen LogP contribution is 2.29. The van der Waals surface area contributed by atoms with Crippen molar-refractivity contribution in [2.24, 2.45) is 0 Å². The molecule has 22 heavy (non-hydrogen) atoms. The summed E-state index contributed by atoms with van der Waals surface area (Å²) < 4.78 is 25.0. The predicted octanol–water partition coefficient (Wildman–Crippen LogP) is 2.03. The monoisotopic (exact) mass is 356 g/mol. The molecule has 1 amide bonds. The van der Waals surface area contributed by atoms with Gasteiger partial charge in [0.1, 0.15) is 0 Å². The summed E-state index contributed by atoms with van der Waals surface area (Å²) in [6, 6.07) is 7.68. The minimum atomic E-state index is -2.97. The molecule has 1 atom stereocenters. The highest BCUT2D eigenvalue weighted by Gasteiger charge is 2.32. The summed E-state index contributed by atoms with van der Waals surface area (Å²) >= 11 is 2.98. The van der Waals surface area contributed by atoms with E-state index in [1.807, 2.05) is 24.3 Å². The van der Waals surface area contributed by atoms with Crippen LogP contribution < -0.4 is 0 Å². The molecule has 0 unspecified atom stereocenters. The van der Waals surface area contributed by atoms with Crippen LogP contribution in [0.3, 0.4) is 0 Å². The Balaban J connectivity index is 1.60. The van der Waals surface area contributed by atoms with Crippen LogP contribution in [0.1, 0.15) is 6.42 Å². The van der Waals surface area contributed by atoms with E-state index in [0.29, 0.717) is 6.42 Å². The Morgan fingerprint density at radius 2 is 2.23 bits per heavy atom. The molecule has 0 bridgehead atoms. The molecule has 0 spiro atoms. The van der Waals surface area contributed by atoms with Crippen LogP contribution in [0.2, 0.25) is 0 Å². The lowest BCUT2D eigenvalue weighted by Gasteiger charge is -2.22. The number of rotatable bonds is 4. The van der Waals surface area contributed by atoms with Gasteiger partial charge < -0.3 is 4.90 Å². The number of amides is 1. The molecule has 0 saturated carbocycles. The largest absolute Gasteiger partial charge is 0.341 e. The van der Waals surface area contributed by atoms with Crippen molar-refractivity contribution in [3.05, 3.63) is 24.3 Å². The van der Waals surface area contributed by atoms with Crippen LogP contribution in [0, 0.1) is 0 Å². The van der Waals surface area contributed by atoms with E-state index < -0.39 is 9.84 Å². The number of aromatic nitrogens is 1. The fourth-order valence-electron chi connectivity index (χ4n) is 2.42. The first kappa shape index (κ1) is 15.8. The third-order valence-electron chi connectivity index (χ3n) is 3.74. The lowest BCUT2D eigenvalue weighted by atomic mass is 10.2. The van der Waals surface area contributed by atoms with Gasteiger partial charge in [0.15, 0.2) is 14.2 Å². The van der Waals surface area contributed by atoms with Crippen LogP contribution in [0.25, 0.3) is 10.2 Å². The van der Waals surface area contributed by atoms with Crippen LogP contribution in [0.5, 0.6) is 0 Å². The zero-order chi connectivity index (χ0) is 15.7. The van der Waals surface area contributed by atoms with Gasteiger partial charge in [0.25, 0.3) is 0 Å². The molecule has 0 aliphatic carbocycles. The zero-order valence-corrected chi connectivity index (χ0v) is 14.5. The topological polar surface area (TPSA) is 67.3 Å². The molecule has 0 radical (unpaired) electrons. The number of thiazole rings is 1. The number of para-hydroxylation sites is 1. The second kappa shape index (κ2) is 6.17. The molecule has 2 heterocycles. The molecular formula is C14H16N2O3S3. The highest BCUT2D eigenvalue weighted by atomic mass is 32.2. The summed E-state index contributed by atoms with van der Waals surface area (Å²) in [5.41, 5.74) is 0.942. The van der Waals surface area contributed by atoms with E-state index >= 15 is 0 Å². The molecule has 1 saturated heterocycles. The van der Waals surface area contributed by atoms with Gasteiger partial charge in [0.05, 0.1) is 27.5 Å². The molecule has 1 fully saturated rings. The van der Waals surface area contributed by atoms with Gasteiger partial charge in [-0.3, -0.25) is 4.79 Å². The fourth-order valence-corrected chi connectivity index (χ4v) is 6.19. The van der Waals surface area contributed by atoms with Gasteiger partial charge in [0.2, 0.25) is 5.91 Å². The second-order valence-corrected chi connectivity index (χ2v) is 9.78. The molecule has 5 nitrogen and oxygen atoms in total. The molecular weight excluding hydrogens is 340 g/mol. The highest BCUT2D eigenvalue weighted by molar-refractivity contribution is 8.01. The first-order valence-corrected chi connectivity index (χ1v) is 10.5. The first-order chi connectivity index (χ1) is 10.4. The Morgan fingerprint density at radius 1 is 1.45 bits per heavy atom. The predicted molar refractivity (Wildman–Crippen MR) is 90.2 cm³/mol. The van der Waals surface area contributed by atoms with E-state index in [9.17, 15) is 13.2 Å². The summed E-state index contributed by atoms with van der Waals surface area (Å²) in [4.78, 5) is 18.3. The molecule has 0 N–H and O–H groups in total. The van der Waals surface area contributed by atoms with E-state index in [1.54, 1.807) is 23.3 Å². The molecule has 118 valence electrons. The fraction of sp³-hybridized carbons (Fsp3) is 0.429. The number of carbonyl (C=O) groups excluding carboxylic acids is 1. The maximum absolute atomic E-state index is 12.2. The minimum absolute atomic E-state index is 0.0497. The van der Waals surface area contributed by atoms with Crippen molar-refractivity contribution in [1.82, 2.24) is 9.88 Å². The number of nitrogens with zero attached hydrogens (tertiary/aromatic N) is 2. The van der Waals surface area contributed by atoms with Crippen molar-refractivity contribution >= 4 is 49.1 Å². The van der Waals surface area contributed by atoms with E-state index in [0.717, 1.165) is 14.6 Å². The summed E-state index contributed by atoms with van der Waals surface area (Å²) in [5.74, 6) is 0.500. The Labute approximate surface area is 137 Å². The van der Waals surface area contributed by atoms with Gasteiger partial charge in [-0.25, -0.2) is 13.4 Å². The van der Waals surface area contributed by atoms with Crippen molar-refractivity contribution in [3.8, 4) is 0 Å². The van der Waals surface area contributed by atoms with Gasteiger partial charge in [-0.15, -0.1) is 11.3 Å². The summed E-state index contributed by atoms with van der Waals surface area (Å²) in [6.45, 7) is 0. The maximum atomic E-state index is 12.2. The van der Waals surface area contributed by atoms with Crippen molar-refractivity contribution < 1.29 is 13.2 Å². The summed E-state index contributed by atoms with van der Waals surface area (Å²) in [6.07, 6.45) is 0.538. The lowest BCUT2D eigenvalue weighted by Crippen LogP contribution is -2.38. The van der Waals surface area contributed by atoms with Crippen molar-refractivity contribution in [1.29, 1.82) is 0 Å². The maximum Gasteiger partial charge on any atom is 0.233 e. The number of fused-ring (bicyclic) bond motifs is 1. The molecule has 3 rings (SSSR count). The van der Waals surface area contributed by atoms with Crippen LogP contribution >= 0.6 is 23.1 Å².